The Labute approximate surface area is 92.4 Å². The lowest BCUT2D eigenvalue weighted by Gasteiger charge is -2.27. The fourth-order valence-electron chi connectivity index (χ4n) is 3.08. The first-order chi connectivity index (χ1) is 7.17. The second kappa shape index (κ2) is 4.11. The van der Waals surface area contributed by atoms with E-state index in [1.165, 1.54) is 32.4 Å². The minimum atomic E-state index is -0.376. The first-order valence-electron chi connectivity index (χ1n) is 5.99. The summed E-state index contributed by atoms with van der Waals surface area (Å²) < 4.78 is 0. The van der Waals surface area contributed by atoms with Crippen molar-refractivity contribution in [2.75, 3.05) is 26.7 Å². The van der Waals surface area contributed by atoms with Gasteiger partial charge < -0.3 is 5.32 Å². The second-order valence-corrected chi connectivity index (χ2v) is 5.34. The van der Waals surface area contributed by atoms with Crippen molar-refractivity contribution in [1.29, 1.82) is 5.26 Å². The predicted octanol–water partition coefficient (Wildman–Crippen LogP) is 1.22. The Morgan fingerprint density at radius 3 is 2.47 bits per heavy atom. The Balaban J connectivity index is 1.90. The summed E-state index contributed by atoms with van der Waals surface area (Å²) in [5.41, 5.74) is -0.376. The van der Waals surface area contributed by atoms with Crippen LogP contribution < -0.4 is 5.32 Å². The van der Waals surface area contributed by atoms with Gasteiger partial charge in [0.05, 0.1) is 6.07 Å². The number of nitriles is 1. The highest BCUT2D eigenvalue weighted by atomic mass is 15.2. The van der Waals surface area contributed by atoms with Crippen molar-refractivity contribution in [2.45, 2.75) is 31.7 Å². The Morgan fingerprint density at radius 1 is 1.40 bits per heavy atom. The summed E-state index contributed by atoms with van der Waals surface area (Å²) in [6.07, 6.45) is 4.23. The number of likely N-dealkylation sites (N-methyl/N-ethyl adjacent to an activating group) is 1. The van der Waals surface area contributed by atoms with Gasteiger partial charge in [0.2, 0.25) is 0 Å². The standard InChI is InChI=1S/C12H21N3/c1-12(8-13,14-2)9-15-6-10-4-3-5-11(10)7-15/h10-11,14H,3-7,9H2,1-2H3. The molecule has 1 saturated carbocycles. The third kappa shape index (κ3) is 2.16. The summed E-state index contributed by atoms with van der Waals surface area (Å²) in [6, 6.07) is 2.37. The highest BCUT2D eigenvalue weighted by Crippen LogP contribution is 2.37. The molecule has 3 heteroatoms. The van der Waals surface area contributed by atoms with Crippen LogP contribution in [0, 0.1) is 23.2 Å². The van der Waals surface area contributed by atoms with Crippen molar-refractivity contribution < 1.29 is 0 Å². The molecule has 0 amide bonds. The van der Waals surface area contributed by atoms with Gasteiger partial charge in [-0.15, -0.1) is 0 Å². The van der Waals surface area contributed by atoms with Crippen molar-refractivity contribution in [3.05, 3.63) is 0 Å². The summed E-state index contributed by atoms with van der Waals surface area (Å²) >= 11 is 0. The molecule has 1 N–H and O–H groups in total. The third-order valence-electron chi connectivity index (χ3n) is 4.14. The van der Waals surface area contributed by atoms with Crippen LogP contribution in [-0.2, 0) is 0 Å². The monoisotopic (exact) mass is 207 g/mol. The summed E-state index contributed by atoms with van der Waals surface area (Å²) in [7, 11) is 1.88. The van der Waals surface area contributed by atoms with E-state index in [1.807, 2.05) is 14.0 Å². The molecule has 1 aliphatic carbocycles. The van der Waals surface area contributed by atoms with Gasteiger partial charge in [-0.2, -0.15) is 5.26 Å². The third-order valence-corrected chi connectivity index (χ3v) is 4.14. The van der Waals surface area contributed by atoms with Crippen LogP contribution in [0.25, 0.3) is 0 Å². The number of likely N-dealkylation sites (tertiary alicyclic amines) is 1. The lowest BCUT2D eigenvalue weighted by Crippen LogP contribution is -2.48. The van der Waals surface area contributed by atoms with Crippen LogP contribution in [0.1, 0.15) is 26.2 Å². The van der Waals surface area contributed by atoms with Crippen LogP contribution >= 0.6 is 0 Å². The van der Waals surface area contributed by atoms with Crippen molar-refractivity contribution >= 4 is 0 Å². The number of hydrogen-bond acceptors (Lipinski definition) is 3. The molecule has 0 aromatic rings. The molecular formula is C12H21N3. The molecule has 84 valence electrons. The summed E-state index contributed by atoms with van der Waals surface area (Å²) in [4.78, 5) is 2.47. The van der Waals surface area contributed by atoms with E-state index in [4.69, 9.17) is 5.26 Å². The second-order valence-electron chi connectivity index (χ2n) is 5.34. The van der Waals surface area contributed by atoms with Crippen LogP contribution in [0.5, 0.6) is 0 Å². The molecule has 2 aliphatic rings. The summed E-state index contributed by atoms with van der Waals surface area (Å²) in [5.74, 6) is 1.84. The van der Waals surface area contributed by atoms with Gasteiger partial charge in [0.25, 0.3) is 0 Å². The van der Waals surface area contributed by atoms with E-state index in [9.17, 15) is 0 Å². The van der Waals surface area contributed by atoms with Gasteiger partial charge in [0.1, 0.15) is 5.54 Å². The number of rotatable bonds is 3. The fraction of sp³-hybridized carbons (Fsp3) is 0.917. The first-order valence-corrected chi connectivity index (χ1v) is 5.99. The molecule has 3 unspecified atom stereocenters. The lowest BCUT2D eigenvalue weighted by molar-refractivity contribution is 0.252. The van der Waals surface area contributed by atoms with Crippen LogP contribution in [-0.4, -0.2) is 37.1 Å². The minimum absolute atomic E-state index is 0.376. The zero-order valence-corrected chi connectivity index (χ0v) is 9.79. The van der Waals surface area contributed by atoms with Gasteiger partial charge >= 0.3 is 0 Å². The Hall–Kier alpha value is -0.590. The average Bonchev–Trinajstić information content (AvgIpc) is 2.77. The van der Waals surface area contributed by atoms with Crippen LogP contribution in [0.2, 0.25) is 0 Å². The number of nitrogens with zero attached hydrogens (tertiary/aromatic N) is 2. The largest absolute Gasteiger partial charge is 0.302 e. The fourth-order valence-corrected chi connectivity index (χ4v) is 3.08. The number of fused-ring (bicyclic) bond motifs is 1. The van der Waals surface area contributed by atoms with E-state index in [0.717, 1.165) is 18.4 Å². The molecule has 0 spiro atoms. The molecule has 2 rings (SSSR count). The van der Waals surface area contributed by atoms with Crippen molar-refractivity contribution in [2.24, 2.45) is 11.8 Å². The molecule has 1 heterocycles. The normalized spacial score (nSPS) is 34.7. The van der Waals surface area contributed by atoms with Gasteiger partial charge in [-0.1, -0.05) is 6.42 Å². The average molecular weight is 207 g/mol. The van der Waals surface area contributed by atoms with E-state index in [1.54, 1.807) is 0 Å². The van der Waals surface area contributed by atoms with Crippen molar-refractivity contribution in [1.82, 2.24) is 10.2 Å². The molecule has 0 aromatic carbocycles. The Kier molecular flexibility index (Phi) is 2.99. The number of nitrogens with one attached hydrogen (secondary N) is 1. The van der Waals surface area contributed by atoms with Gasteiger partial charge in [0.15, 0.2) is 0 Å². The topological polar surface area (TPSA) is 39.1 Å². The molecule has 3 nitrogen and oxygen atoms in total. The maximum atomic E-state index is 9.11. The van der Waals surface area contributed by atoms with E-state index >= 15 is 0 Å². The van der Waals surface area contributed by atoms with Crippen molar-refractivity contribution in [3.8, 4) is 6.07 Å². The summed E-state index contributed by atoms with van der Waals surface area (Å²) in [5, 5.41) is 12.2. The van der Waals surface area contributed by atoms with E-state index in [0.29, 0.717) is 0 Å². The van der Waals surface area contributed by atoms with Gasteiger partial charge in [-0.05, 0) is 38.6 Å². The molecule has 1 saturated heterocycles. The summed E-state index contributed by atoms with van der Waals surface area (Å²) in [6.45, 7) is 5.28. The molecule has 2 fully saturated rings. The highest BCUT2D eigenvalue weighted by Gasteiger charge is 2.38. The Morgan fingerprint density at radius 2 is 2.00 bits per heavy atom. The quantitative estimate of drug-likeness (QED) is 0.756. The number of hydrogen-bond donors (Lipinski definition) is 1. The predicted molar refractivity (Wildman–Crippen MR) is 60.3 cm³/mol. The zero-order chi connectivity index (χ0) is 10.9. The SMILES string of the molecule is CNC(C)(C#N)CN1CC2CCCC2C1. The maximum absolute atomic E-state index is 9.11. The smallest absolute Gasteiger partial charge is 0.116 e. The van der Waals surface area contributed by atoms with Gasteiger partial charge in [-0.25, -0.2) is 0 Å². The molecule has 15 heavy (non-hydrogen) atoms. The molecule has 3 atom stereocenters. The van der Waals surface area contributed by atoms with E-state index < -0.39 is 0 Å². The molecule has 1 aliphatic heterocycles. The van der Waals surface area contributed by atoms with Gasteiger partial charge in [-0.3, -0.25) is 4.90 Å². The maximum Gasteiger partial charge on any atom is 0.116 e. The van der Waals surface area contributed by atoms with Gasteiger partial charge in [0, 0.05) is 19.6 Å². The molecule has 0 radical (unpaired) electrons. The lowest BCUT2D eigenvalue weighted by atomic mass is 10.0. The molecule has 0 bridgehead atoms. The van der Waals surface area contributed by atoms with E-state index in [-0.39, 0.29) is 5.54 Å². The minimum Gasteiger partial charge on any atom is -0.302 e. The van der Waals surface area contributed by atoms with E-state index in [2.05, 4.69) is 16.3 Å². The van der Waals surface area contributed by atoms with Crippen molar-refractivity contribution in [3.63, 3.8) is 0 Å². The molecule has 0 aromatic heterocycles. The van der Waals surface area contributed by atoms with Crippen LogP contribution in [0.15, 0.2) is 0 Å². The zero-order valence-electron chi connectivity index (χ0n) is 9.79. The highest BCUT2D eigenvalue weighted by molar-refractivity contribution is 5.06. The Bertz CT molecular complexity index is 259. The molecular weight excluding hydrogens is 186 g/mol. The first kappa shape index (κ1) is 10.9. The van der Waals surface area contributed by atoms with Crippen LogP contribution in [0.3, 0.4) is 0 Å². The van der Waals surface area contributed by atoms with Crippen LogP contribution in [0.4, 0.5) is 0 Å².